The van der Waals surface area contributed by atoms with E-state index in [0.29, 0.717) is 12.0 Å². The van der Waals surface area contributed by atoms with Crippen LogP contribution in [0.4, 0.5) is 18.9 Å². The number of rotatable bonds is 0. The Labute approximate surface area is 99.2 Å². The van der Waals surface area contributed by atoms with Gasteiger partial charge in [0.1, 0.15) is 0 Å². The lowest BCUT2D eigenvalue weighted by molar-refractivity contribution is -0.149. The molecule has 0 aromatic heterocycles. The standard InChI is InChI=1S/C13H14F3N/c14-13(15,16)10-5-4-8-6-7-2-1-3-9(7)12(17)11(8)10/h6,10H,1-5,17H2/i10T. The topological polar surface area (TPSA) is 26.0 Å². The SMILES string of the molecule is [3H]C1(C(F)(F)F)CCc2cc3c(c(N)c21)CCC3. The van der Waals surface area contributed by atoms with Crippen LogP contribution in [0.1, 0.15) is 42.4 Å². The predicted octanol–water partition coefficient (Wildman–Crippen LogP) is 3.35. The van der Waals surface area contributed by atoms with Crippen molar-refractivity contribution in [1.82, 2.24) is 0 Å². The molecule has 1 unspecified atom stereocenters. The first-order valence-electron chi connectivity index (χ1n) is 6.35. The van der Waals surface area contributed by atoms with Gasteiger partial charge in [0, 0.05) is 7.06 Å². The van der Waals surface area contributed by atoms with Gasteiger partial charge in [0.05, 0.1) is 5.89 Å². The molecule has 0 heterocycles. The van der Waals surface area contributed by atoms with E-state index in [1.54, 1.807) is 0 Å². The normalized spacial score (nSPS) is 27.8. The number of hydrogen-bond acceptors (Lipinski definition) is 1. The van der Waals surface area contributed by atoms with Crippen molar-refractivity contribution in [3.8, 4) is 0 Å². The van der Waals surface area contributed by atoms with Crippen LogP contribution >= 0.6 is 0 Å². The molecule has 2 aliphatic carbocycles. The third-order valence-corrected chi connectivity index (χ3v) is 3.81. The molecule has 0 aliphatic heterocycles. The second kappa shape index (κ2) is 3.40. The molecule has 1 aromatic carbocycles. The fraction of sp³-hybridized carbons (Fsp3) is 0.538. The Morgan fingerprint density at radius 2 is 2.00 bits per heavy atom. The summed E-state index contributed by atoms with van der Waals surface area (Å²) in [5.74, 6) is -2.51. The van der Waals surface area contributed by atoms with Gasteiger partial charge in [-0.15, -0.1) is 0 Å². The van der Waals surface area contributed by atoms with Gasteiger partial charge in [-0.1, -0.05) is 6.07 Å². The van der Waals surface area contributed by atoms with Crippen molar-refractivity contribution < 1.29 is 14.5 Å². The molecule has 0 bridgehead atoms. The molecule has 0 amide bonds. The van der Waals surface area contributed by atoms with E-state index in [1.165, 1.54) is 0 Å². The van der Waals surface area contributed by atoms with E-state index in [4.69, 9.17) is 7.10 Å². The first kappa shape index (κ1) is 9.80. The Morgan fingerprint density at radius 1 is 1.24 bits per heavy atom. The zero-order valence-corrected chi connectivity index (χ0v) is 9.32. The molecule has 0 radical (unpaired) electrons. The Hall–Kier alpha value is -1.19. The minimum absolute atomic E-state index is 0.0238. The molecular formula is C13H14F3N. The maximum absolute atomic E-state index is 13.1. The van der Waals surface area contributed by atoms with E-state index >= 15 is 0 Å². The average molecular weight is 243 g/mol. The molecule has 1 nitrogen and oxygen atoms in total. The van der Waals surface area contributed by atoms with Gasteiger partial charge in [0.2, 0.25) is 0 Å². The minimum Gasteiger partial charge on any atom is -0.398 e. The van der Waals surface area contributed by atoms with Crippen LogP contribution in [0.15, 0.2) is 6.07 Å². The molecule has 17 heavy (non-hydrogen) atoms. The number of fused-ring (bicyclic) bond motifs is 2. The highest BCUT2D eigenvalue weighted by molar-refractivity contribution is 5.64. The summed E-state index contributed by atoms with van der Waals surface area (Å²) in [6.45, 7) is 0. The second-order valence-corrected chi connectivity index (χ2v) is 4.79. The van der Waals surface area contributed by atoms with Gasteiger partial charge in [-0.05, 0) is 54.4 Å². The van der Waals surface area contributed by atoms with Crippen LogP contribution in [0.5, 0.6) is 0 Å². The summed E-state index contributed by atoms with van der Waals surface area (Å²) < 4.78 is 47.1. The Morgan fingerprint density at radius 3 is 2.71 bits per heavy atom. The first-order chi connectivity index (χ1) is 8.34. The van der Waals surface area contributed by atoms with Crippen molar-refractivity contribution in [3.63, 3.8) is 0 Å². The fourth-order valence-corrected chi connectivity index (χ4v) is 3.06. The number of benzene rings is 1. The van der Waals surface area contributed by atoms with E-state index in [-0.39, 0.29) is 17.7 Å². The molecule has 0 fully saturated rings. The van der Waals surface area contributed by atoms with Gasteiger partial charge in [-0.2, -0.15) is 13.2 Å². The number of aryl methyl sites for hydroxylation is 2. The van der Waals surface area contributed by atoms with Gasteiger partial charge in [0.25, 0.3) is 0 Å². The number of nitrogen functional groups attached to an aromatic ring is 1. The molecule has 2 N–H and O–H groups in total. The largest absolute Gasteiger partial charge is 0.398 e. The summed E-state index contributed by atoms with van der Waals surface area (Å²) in [5.41, 5.74) is 8.74. The third kappa shape index (κ3) is 1.53. The lowest BCUT2D eigenvalue weighted by Gasteiger charge is -2.19. The van der Waals surface area contributed by atoms with Gasteiger partial charge < -0.3 is 5.73 Å². The molecule has 0 saturated carbocycles. The second-order valence-electron chi connectivity index (χ2n) is 4.79. The monoisotopic (exact) mass is 243 g/mol. The van der Waals surface area contributed by atoms with Crippen LogP contribution in [-0.4, -0.2) is 6.18 Å². The van der Waals surface area contributed by atoms with Crippen LogP contribution in [0.25, 0.3) is 0 Å². The predicted molar refractivity (Wildman–Crippen MR) is 60.0 cm³/mol. The highest BCUT2D eigenvalue weighted by Crippen LogP contribution is 2.49. The Bertz CT molecular complexity index is 524. The van der Waals surface area contributed by atoms with Crippen molar-refractivity contribution in [2.45, 2.75) is 44.2 Å². The molecule has 0 spiro atoms. The molecule has 1 aromatic rings. The quantitative estimate of drug-likeness (QED) is 0.695. The van der Waals surface area contributed by atoms with Crippen LogP contribution in [0.3, 0.4) is 0 Å². The Balaban J connectivity index is 2.24. The van der Waals surface area contributed by atoms with Gasteiger partial charge in [-0.3, -0.25) is 0 Å². The van der Waals surface area contributed by atoms with E-state index in [0.717, 1.165) is 30.4 Å². The van der Waals surface area contributed by atoms with Gasteiger partial charge in [0.15, 0.2) is 0 Å². The summed E-state index contributed by atoms with van der Waals surface area (Å²) in [7, 11) is 0. The fourth-order valence-electron chi connectivity index (χ4n) is 3.06. The summed E-state index contributed by atoms with van der Waals surface area (Å²) in [6, 6.07) is 1.84. The van der Waals surface area contributed by atoms with Crippen LogP contribution in [-0.2, 0) is 19.3 Å². The maximum Gasteiger partial charge on any atom is 0.395 e. The molecule has 0 saturated heterocycles. The Kier molecular flexibility index (Phi) is 1.96. The summed E-state index contributed by atoms with van der Waals surface area (Å²) in [5, 5.41) is 0. The average Bonchev–Trinajstić information content (AvgIpc) is 2.84. The zero-order chi connectivity index (χ0) is 13.1. The number of hydrogen-bond donors (Lipinski definition) is 1. The smallest absolute Gasteiger partial charge is 0.395 e. The van der Waals surface area contributed by atoms with Gasteiger partial charge in [-0.25, -0.2) is 0 Å². The first-order valence-corrected chi connectivity index (χ1v) is 5.85. The van der Waals surface area contributed by atoms with Crippen molar-refractivity contribution in [1.29, 1.82) is 0 Å². The lowest BCUT2D eigenvalue weighted by atomic mass is 9.94. The van der Waals surface area contributed by atoms with E-state index in [2.05, 4.69) is 0 Å². The number of halogens is 3. The molecule has 1 atom stereocenters. The highest BCUT2D eigenvalue weighted by atomic mass is 19.4. The van der Waals surface area contributed by atoms with Crippen LogP contribution < -0.4 is 5.73 Å². The van der Waals surface area contributed by atoms with Gasteiger partial charge >= 0.3 is 6.18 Å². The summed E-state index contributed by atoms with van der Waals surface area (Å²) in [6.07, 6.45) is -1.89. The third-order valence-electron chi connectivity index (χ3n) is 3.81. The van der Waals surface area contributed by atoms with E-state index in [1.807, 2.05) is 6.07 Å². The molecule has 3 rings (SSSR count). The molecule has 4 heteroatoms. The zero-order valence-electron chi connectivity index (χ0n) is 10.3. The van der Waals surface area contributed by atoms with Crippen LogP contribution in [0, 0.1) is 0 Å². The number of anilines is 1. The van der Waals surface area contributed by atoms with Crippen molar-refractivity contribution in [3.05, 3.63) is 28.3 Å². The van der Waals surface area contributed by atoms with E-state index < -0.39 is 12.1 Å². The van der Waals surface area contributed by atoms with Crippen molar-refractivity contribution in [2.24, 2.45) is 0 Å². The lowest BCUT2D eigenvalue weighted by Crippen LogP contribution is -2.19. The molecule has 2 aliphatic rings. The highest BCUT2D eigenvalue weighted by Gasteiger charge is 2.45. The molecular weight excluding hydrogens is 227 g/mol. The molecule has 92 valence electrons. The van der Waals surface area contributed by atoms with Crippen molar-refractivity contribution >= 4 is 5.69 Å². The maximum atomic E-state index is 13.1. The van der Waals surface area contributed by atoms with Crippen LogP contribution in [0.2, 0.25) is 0 Å². The van der Waals surface area contributed by atoms with Crippen molar-refractivity contribution in [2.75, 3.05) is 5.73 Å². The number of alkyl halides is 3. The minimum atomic E-state index is -4.56. The summed E-state index contributed by atoms with van der Waals surface area (Å²) in [4.78, 5) is 0. The number of nitrogens with two attached hydrogens (primary N) is 1. The summed E-state index contributed by atoms with van der Waals surface area (Å²) >= 11 is 0. The van der Waals surface area contributed by atoms with E-state index in [9.17, 15) is 13.2 Å².